The number of nitrogens with zero attached hydrogens (tertiary/aromatic N) is 2. The summed E-state index contributed by atoms with van der Waals surface area (Å²) in [7, 11) is 1.57. The van der Waals surface area contributed by atoms with Gasteiger partial charge in [0.15, 0.2) is 5.76 Å². The Hall–Kier alpha value is -2.41. The predicted octanol–water partition coefficient (Wildman–Crippen LogP) is 2.87. The molecule has 2 N–H and O–H groups in total. The molecular weight excluding hydrogens is 300 g/mol. The number of carbonyl (C=O) groups excluding carboxylic acids is 1. The van der Waals surface area contributed by atoms with Crippen molar-refractivity contribution in [2.75, 3.05) is 12.4 Å². The van der Waals surface area contributed by atoms with Crippen LogP contribution in [-0.2, 0) is 6.54 Å². The molecule has 0 aliphatic heterocycles. The normalized spacial score (nSPS) is 10.9. The first-order chi connectivity index (χ1) is 10.6. The molecule has 0 aromatic carbocycles. The van der Waals surface area contributed by atoms with Crippen LogP contribution < -0.4 is 10.6 Å². The van der Waals surface area contributed by atoms with E-state index in [0.717, 1.165) is 16.0 Å². The molecule has 0 bridgehead atoms. The van der Waals surface area contributed by atoms with E-state index in [2.05, 4.69) is 34.4 Å². The number of aryl methyl sites for hydroxylation is 2. The number of carbonyl (C=O) groups is 1. The molecule has 0 aliphatic carbocycles. The Morgan fingerprint density at radius 2 is 2.14 bits per heavy atom. The minimum atomic E-state index is -0.236. The van der Waals surface area contributed by atoms with E-state index in [4.69, 9.17) is 4.42 Å². The standard InChI is InChI=1S/C15H16N4O2S/c1-8-9(2)22-15-12(8)13(18-7-19-15)17-6-10-4-5-11(21-10)14(20)16-3/h4-5,7H,6H2,1-3H3,(H,16,20)(H,17,18,19). The van der Waals surface area contributed by atoms with E-state index in [0.29, 0.717) is 18.1 Å². The second kappa shape index (κ2) is 5.76. The quantitative estimate of drug-likeness (QED) is 0.773. The number of amides is 1. The Morgan fingerprint density at radius 3 is 2.91 bits per heavy atom. The average Bonchev–Trinajstić information content (AvgIpc) is 3.10. The Kier molecular flexibility index (Phi) is 3.81. The van der Waals surface area contributed by atoms with E-state index in [-0.39, 0.29) is 5.91 Å². The highest BCUT2D eigenvalue weighted by molar-refractivity contribution is 7.18. The first kappa shape index (κ1) is 14.5. The van der Waals surface area contributed by atoms with Crippen LogP contribution in [0.25, 0.3) is 10.2 Å². The van der Waals surface area contributed by atoms with Gasteiger partial charge in [0.2, 0.25) is 0 Å². The Morgan fingerprint density at radius 1 is 1.32 bits per heavy atom. The summed E-state index contributed by atoms with van der Waals surface area (Å²) in [5, 5.41) is 6.83. The summed E-state index contributed by atoms with van der Waals surface area (Å²) < 4.78 is 5.49. The average molecular weight is 316 g/mol. The number of furan rings is 1. The summed E-state index contributed by atoms with van der Waals surface area (Å²) in [6.07, 6.45) is 1.55. The zero-order valence-corrected chi connectivity index (χ0v) is 13.4. The van der Waals surface area contributed by atoms with Crippen molar-refractivity contribution in [2.45, 2.75) is 20.4 Å². The van der Waals surface area contributed by atoms with Crippen LogP contribution in [0.5, 0.6) is 0 Å². The SMILES string of the molecule is CNC(=O)c1ccc(CNc2ncnc3sc(C)c(C)c23)o1. The van der Waals surface area contributed by atoms with Gasteiger partial charge in [0.05, 0.1) is 11.9 Å². The maximum Gasteiger partial charge on any atom is 0.286 e. The van der Waals surface area contributed by atoms with Crippen molar-refractivity contribution in [1.82, 2.24) is 15.3 Å². The lowest BCUT2D eigenvalue weighted by Crippen LogP contribution is -2.16. The molecule has 1 amide bonds. The van der Waals surface area contributed by atoms with Crippen molar-refractivity contribution in [3.05, 3.63) is 40.4 Å². The molecule has 22 heavy (non-hydrogen) atoms. The first-order valence-corrected chi connectivity index (χ1v) is 7.67. The lowest BCUT2D eigenvalue weighted by molar-refractivity contribution is 0.0934. The highest BCUT2D eigenvalue weighted by atomic mass is 32.1. The molecule has 114 valence electrons. The van der Waals surface area contributed by atoms with Crippen LogP contribution in [0.1, 0.15) is 26.8 Å². The van der Waals surface area contributed by atoms with E-state index in [1.807, 2.05) is 0 Å². The number of thiophene rings is 1. The molecule has 0 saturated carbocycles. The van der Waals surface area contributed by atoms with E-state index in [1.54, 1.807) is 36.8 Å². The van der Waals surface area contributed by atoms with Crippen LogP contribution in [0, 0.1) is 13.8 Å². The minimum Gasteiger partial charge on any atom is -0.454 e. The Balaban J connectivity index is 1.82. The van der Waals surface area contributed by atoms with Gasteiger partial charge >= 0.3 is 0 Å². The van der Waals surface area contributed by atoms with Gasteiger partial charge in [0.1, 0.15) is 22.7 Å². The van der Waals surface area contributed by atoms with Crippen LogP contribution in [0.3, 0.4) is 0 Å². The van der Waals surface area contributed by atoms with Crippen LogP contribution in [0.2, 0.25) is 0 Å². The summed E-state index contributed by atoms with van der Waals surface area (Å²) in [6.45, 7) is 4.60. The van der Waals surface area contributed by atoms with Crippen molar-refractivity contribution in [1.29, 1.82) is 0 Å². The lowest BCUT2D eigenvalue weighted by Gasteiger charge is -2.05. The second-order valence-corrected chi connectivity index (χ2v) is 6.09. The van der Waals surface area contributed by atoms with Crippen molar-refractivity contribution in [3.63, 3.8) is 0 Å². The molecule has 6 nitrogen and oxygen atoms in total. The van der Waals surface area contributed by atoms with E-state index in [9.17, 15) is 4.79 Å². The third-order valence-corrected chi connectivity index (χ3v) is 4.62. The Bertz CT molecular complexity index is 837. The van der Waals surface area contributed by atoms with E-state index < -0.39 is 0 Å². The van der Waals surface area contributed by atoms with Gasteiger partial charge in [-0.2, -0.15) is 0 Å². The number of hydrogen-bond donors (Lipinski definition) is 2. The number of nitrogens with one attached hydrogen (secondary N) is 2. The van der Waals surface area contributed by atoms with Crippen LogP contribution in [-0.4, -0.2) is 22.9 Å². The smallest absolute Gasteiger partial charge is 0.286 e. The molecule has 0 atom stereocenters. The highest BCUT2D eigenvalue weighted by Crippen LogP contribution is 2.32. The predicted molar refractivity (Wildman–Crippen MR) is 86.3 cm³/mol. The zero-order valence-electron chi connectivity index (χ0n) is 12.6. The second-order valence-electron chi connectivity index (χ2n) is 4.88. The van der Waals surface area contributed by atoms with E-state index in [1.165, 1.54) is 10.4 Å². The summed E-state index contributed by atoms with van der Waals surface area (Å²) in [5.74, 6) is 1.52. The molecule has 3 heterocycles. The highest BCUT2D eigenvalue weighted by Gasteiger charge is 2.13. The zero-order chi connectivity index (χ0) is 15.7. The molecule has 0 spiro atoms. The van der Waals surface area contributed by atoms with Crippen LogP contribution in [0.15, 0.2) is 22.9 Å². The summed E-state index contributed by atoms with van der Waals surface area (Å²) >= 11 is 1.66. The summed E-state index contributed by atoms with van der Waals surface area (Å²) in [4.78, 5) is 22.3. The van der Waals surface area contributed by atoms with Crippen LogP contribution >= 0.6 is 11.3 Å². The largest absolute Gasteiger partial charge is 0.454 e. The fourth-order valence-electron chi connectivity index (χ4n) is 2.21. The van der Waals surface area contributed by atoms with Gasteiger partial charge < -0.3 is 15.1 Å². The van der Waals surface area contributed by atoms with Gasteiger partial charge in [-0.3, -0.25) is 4.79 Å². The van der Waals surface area contributed by atoms with E-state index >= 15 is 0 Å². The third-order valence-electron chi connectivity index (χ3n) is 3.51. The Labute approximate surface area is 131 Å². The molecule has 0 saturated heterocycles. The van der Waals surface area contributed by atoms with Gasteiger partial charge in [0.25, 0.3) is 5.91 Å². The summed E-state index contributed by atoms with van der Waals surface area (Å²) in [6, 6.07) is 3.44. The lowest BCUT2D eigenvalue weighted by atomic mass is 10.2. The van der Waals surface area contributed by atoms with Crippen molar-refractivity contribution >= 4 is 33.3 Å². The third kappa shape index (κ3) is 2.55. The number of fused-ring (bicyclic) bond motifs is 1. The van der Waals surface area contributed by atoms with Gasteiger partial charge in [0, 0.05) is 11.9 Å². The monoisotopic (exact) mass is 316 g/mol. The number of aromatic nitrogens is 2. The van der Waals surface area contributed by atoms with Gasteiger partial charge in [-0.1, -0.05) is 0 Å². The van der Waals surface area contributed by atoms with Gasteiger partial charge in [-0.15, -0.1) is 11.3 Å². The van der Waals surface area contributed by atoms with Crippen LogP contribution in [0.4, 0.5) is 5.82 Å². The maximum atomic E-state index is 11.5. The molecule has 0 radical (unpaired) electrons. The number of hydrogen-bond acceptors (Lipinski definition) is 6. The number of anilines is 1. The number of rotatable bonds is 4. The van der Waals surface area contributed by atoms with Crippen molar-refractivity contribution < 1.29 is 9.21 Å². The topological polar surface area (TPSA) is 80.0 Å². The minimum absolute atomic E-state index is 0.236. The van der Waals surface area contributed by atoms with Gasteiger partial charge in [-0.25, -0.2) is 9.97 Å². The molecule has 0 unspecified atom stereocenters. The molecular formula is C15H16N4O2S. The fourth-order valence-corrected chi connectivity index (χ4v) is 3.20. The van der Waals surface area contributed by atoms with Crippen molar-refractivity contribution in [3.8, 4) is 0 Å². The first-order valence-electron chi connectivity index (χ1n) is 6.85. The fraction of sp³-hybridized carbons (Fsp3) is 0.267. The molecule has 0 fully saturated rings. The van der Waals surface area contributed by atoms with Gasteiger partial charge in [-0.05, 0) is 31.5 Å². The molecule has 3 aromatic rings. The molecule has 7 heteroatoms. The summed E-state index contributed by atoms with van der Waals surface area (Å²) in [5.41, 5.74) is 1.19. The molecule has 3 rings (SSSR count). The van der Waals surface area contributed by atoms with Crippen molar-refractivity contribution in [2.24, 2.45) is 0 Å². The molecule has 3 aromatic heterocycles. The molecule has 0 aliphatic rings. The maximum absolute atomic E-state index is 11.5.